The van der Waals surface area contributed by atoms with Crippen molar-refractivity contribution in [2.45, 2.75) is 11.4 Å². The zero-order valence-corrected chi connectivity index (χ0v) is 13.5. The van der Waals surface area contributed by atoms with Crippen molar-refractivity contribution in [3.63, 3.8) is 0 Å². The van der Waals surface area contributed by atoms with Crippen molar-refractivity contribution in [1.82, 2.24) is 0 Å². The number of hydrogen-bond donors (Lipinski definition) is 1. The van der Waals surface area contributed by atoms with Crippen LogP contribution in [0.3, 0.4) is 0 Å². The van der Waals surface area contributed by atoms with Gasteiger partial charge in [0.1, 0.15) is 0 Å². The number of nitrogens with one attached hydrogen (secondary N) is 1. The van der Waals surface area contributed by atoms with E-state index in [-0.39, 0.29) is 20.9 Å². The van der Waals surface area contributed by atoms with E-state index in [1.54, 1.807) is 24.3 Å². The molecule has 2 aromatic carbocycles. The summed E-state index contributed by atoms with van der Waals surface area (Å²) in [6.45, 7) is 2.13. The molecule has 0 bridgehead atoms. The maximum absolute atomic E-state index is 12.0. The Morgan fingerprint density at radius 1 is 1.00 bits per heavy atom. The van der Waals surface area contributed by atoms with Gasteiger partial charge in [-0.15, -0.1) is 0 Å². The fraction of sp³-hybridized carbons (Fsp3) is 0.125. The molecule has 2 rings (SSSR count). The first-order valence-electron chi connectivity index (χ1n) is 6.35. The Balaban J connectivity index is 2.14. The summed E-state index contributed by atoms with van der Waals surface area (Å²) in [5.41, 5.74) is 1.18. The predicted octanol–water partition coefficient (Wildman–Crippen LogP) is 2.28. The van der Waals surface area contributed by atoms with Crippen LogP contribution in [0, 0.1) is 0 Å². The molecule has 0 aliphatic rings. The van der Waals surface area contributed by atoms with Gasteiger partial charge in [0.15, 0.2) is 0 Å². The van der Waals surface area contributed by atoms with Gasteiger partial charge >= 0.3 is 128 Å². The topological polar surface area (TPSA) is 46.2 Å². The van der Waals surface area contributed by atoms with E-state index in [1.165, 1.54) is 3.61 Å². The van der Waals surface area contributed by atoms with E-state index in [0.717, 1.165) is 10.2 Å². The molecule has 0 saturated carbocycles. The summed E-state index contributed by atoms with van der Waals surface area (Å²) in [4.78, 5) is 24.0. The van der Waals surface area contributed by atoms with Gasteiger partial charge < -0.3 is 0 Å². The molecular weight excluding hydrogens is 366 g/mol. The van der Waals surface area contributed by atoms with Crippen molar-refractivity contribution in [2.75, 3.05) is 5.32 Å². The summed E-state index contributed by atoms with van der Waals surface area (Å²) >= 11 is -0.306. The molecule has 0 fully saturated rings. The van der Waals surface area contributed by atoms with E-state index in [4.69, 9.17) is 0 Å². The van der Waals surface area contributed by atoms with E-state index >= 15 is 0 Å². The van der Waals surface area contributed by atoms with Crippen LogP contribution in [0.2, 0.25) is 4.47 Å². The molecule has 3 nitrogen and oxygen atoms in total. The SMILES string of the molecule is CC[Te]c1ccccc1NC(=O)C(=O)c1ccccc1. The second kappa shape index (κ2) is 7.23. The van der Waals surface area contributed by atoms with Crippen LogP contribution < -0.4 is 8.93 Å². The second-order valence-electron chi connectivity index (χ2n) is 4.08. The fourth-order valence-corrected chi connectivity index (χ4v) is 3.92. The molecule has 0 unspecified atom stereocenters. The number of ketones is 1. The Kier molecular flexibility index (Phi) is 5.34. The maximum atomic E-state index is 12.0. The fourth-order valence-electron chi connectivity index (χ4n) is 1.75. The van der Waals surface area contributed by atoms with Crippen LogP contribution >= 0.6 is 0 Å². The summed E-state index contributed by atoms with van der Waals surface area (Å²) in [5, 5.41) is 2.74. The summed E-state index contributed by atoms with van der Waals surface area (Å²) in [6, 6.07) is 16.3. The minimum absolute atomic E-state index is 0.306. The third-order valence-electron chi connectivity index (χ3n) is 2.68. The van der Waals surface area contributed by atoms with Gasteiger partial charge in [-0.05, 0) is 0 Å². The quantitative estimate of drug-likeness (QED) is 0.491. The first-order valence-corrected chi connectivity index (χ1v) is 9.16. The standard InChI is InChI=1S/C16H15NO2Te/c1-2-20-14-11-7-6-10-13(14)17-16(19)15(18)12-8-4-3-5-9-12/h3-11H,2H2,1H3,(H,17,19). The van der Waals surface area contributed by atoms with Crippen LogP contribution in [-0.2, 0) is 4.79 Å². The number of amides is 1. The molecule has 4 heteroatoms. The van der Waals surface area contributed by atoms with Crippen LogP contribution in [0.4, 0.5) is 5.69 Å². The van der Waals surface area contributed by atoms with Gasteiger partial charge in [-0.1, -0.05) is 0 Å². The van der Waals surface area contributed by atoms with Crippen molar-refractivity contribution >= 4 is 41.9 Å². The molecule has 102 valence electrons. The molecule has 2 aromatic rings. The zero-order chi connectivity index (χ0) is 14.4. The van der Waals surface area contributed by atoms with Crippen LogP contribution in [0.5, 0.6) is 0 Å². The van der Waals surface area contributed by atoms with Gasteiger partial charge in [0, 0.05) is 0 Å². The normalized spacial score (nSPS) is 10.1. The first-order chi connectivity index (χ1) is 9.72. The number of carbonyl (C=O) groups is 2. The number of benzene rings is 2. The van der Waals surface area contributed by atoms with Gasteiger partial charge in [-0.3, -0.25) is 0 Å². The number of para-hydroxylation sites is 1. The van der Waals surface area contributed by atoms with Crippen molar-refractivity contribution in [2.24, 2.45) is 0 Å². The van der Waals surface area contributed by atoms with Crippen LogP contribution in [0.25, 0.3) is 0 Å². The number of Topliss-reactive ketones (excluding diaryl/α,β-unsaturated/α-hetero) is 1. The number of rotatable bonds is 5. The van der Waals surface area contributed by atoms with Crippen molar-refractivity contribution < 1.29 is 9.59 Å². The average molecular weight is 381 g/mol. The van der Waals surface area contributed by atoms with Crippen LogP contribution in [-0.4, -0.2) is 32.6 Å². The van der Waals surface area contributed by atoms with E-state index in [1.807, 2.05) is 30.3 Å². The average Bonchev–Trinajstić information content (AvgIpc) is 2.49. The van der Waals surface area contributed by atoms with E-state index in [2.05, 4.69) is 12.2 Å². The molecule has 0 aromatic heterocycles. The van der Waals surface area contributed by atoms with Crippen LogP contribution in [0.1, 0.15) is 17.3 Å². The number of hydrogen-bond acceptors (Lipinski definition) is 2. The molecule has 0 heterocycles. The number of anilines is 1. The van der Waals surface area contributed by atoms with E-state index in [9.17, 15) is 9.59 Å². The summed E-state index contributed by atoms with van der Waals surface area (Å²) in [6.07, 6.45) is 0. The van der Waals surface area contributed by atoms with Gasteiger partial charge in [0.05, 0.1) is 0 Å². The molecule has 0 aliphatic carbocycles. The monoisotopic (exact) mass is 383 g/mol. The molecule has 0 radical (unpaired) electrons. The summed E-state index contributed by atoms with van der Waals surface area (Å²) in [7, 11) is 0. The number of carbonyl (C=O) groups excluding carboxylic acids is 2. The minimum atomic E-state index is -0.577. The second-order valence-corrected chi connectivity index (χ2v) is 7.81. The van der Waals surface area contributed by atoms with Gasteiger partial charge in [0.25, 0.3) is 0 Å². The molecule has 20 heavy (non-hydrogen) atoms. The Bertz CT molecular complexity index is 611. The zero-order valence-electron chi connectivity index (χ0n) is 11.1. The molecule has 0 atom stereocenters. The van der Waals surface area contributed by atoms with Crippen LogP contribution in [0.15, 0.2) is 54.6 Å². The van der Waals surface area contributed by atoms with E-state index < -0.39 is 11.7 Å². The Labute approximate surface area is 128 Å². The molecule has 0 aliphatic heterocycles. The van der Waals surface area contributed by atoms with Crippen molar-refractivity contribution in [3.8, 4) is 0 Å². The summed E-state index contributed by atoms with van der Waals surface area (Å²) < 4.78 is 2.29. The third kappa shape index (κ3) is 3.69. The van der Waals surface area contributed by atoms with Crippen molar-refractivity contribution in [3.05, 3.63) is 60.2 Å². The first kappa shape index (κ1) is 14.8. The van der Waals surface area contributed by atoms with Gasteiger partial charge in [-0.2, -0.15) is 0 Å². The predicted molar refractivity (Wildman–Crippen MR) is 81.7 cm³/mol. The third-order valence-corrected chi connectivity index (χ3v) is 5.40. The molecule has 1 N–H and O–H groups in total. The van der Waals surface area contributed by atoms with E-state index in [0.29, 0.717) is 5.56 Å². The molecular formula is C16H15NO2Te. The van der Waals surface area contributed by atoms with Gasteiger partial charge in [-0.25, -0.2) is 0 Å². The Morgan fingerprint density at radius 3 is 2.35 bits per heavy atom. The molecule has 0 spiro atoms. The Hall–Kier alpha value is -1.63. The molecule has 0 saturated heterocycles. The van der Waals surface area contributed by atoms with Gasteiger partial charge in [0.2, 0.25) is 0 Å². The Morgan fingerprint density at radius 2 is 1.65 bits per heavy atom. The molecule has 1 amide bonds. The summed E-state index contributed by atoms with van der Waals surface area (Å²) in [5.74, 6) is -1.08. The van der Waals surface area contributed by atoms with Crippen molar-refractivity contribution in [1.29, 1.82) is 0 Å².